The summed E-state index contributed by atoms with van der Waals surface area (Å²) in [7, 11) is 0. The molecule has 1 aromatic rings. The number of nitrogens with one attached hydrogen (secondary N) is 1. The van der Waals surface area contributed by atoms with E-state index in [2.05, 4.69) is 67.9 Å². The van der Waals surface area contributed by atoms with Crippen LogP contribution in [0, 0.1) is 0 Å². The summed E-state index contributed by atoms with van der Waals surface area (Å²) in [6.45, 7) is 10.9. The van der Waals surface area contributed by atoms with Crippen molar-refractivity contribution in [3.05, 3.63) is 28.8 Å². The van der Waals surface area contributed by atoms with Crippen molar-refractivity contribution >= 4 is 29.1 Å². The van der Waals surface area contributed by atoms with E-state index in [1.807, 2.05) is 0 Å². The largest absolute Gasteiger partial charge is 0.367 e. The van der Waals surface area contributed by atoms with Crippen LogP contribution in [-0.2, 0) is 6.54 Å². The predicted octanol–water partition coefficient (Wildman–Crippen LogP) is 4.17. The second-order valence-corrected chi connectivity index (χ2v) is 7.71. The fourth-order valence-electron chi connectivity index (χ4n) is 2.47. The summed E-state index contributed by atoms with van der Waals surface area (Å²) >= 11 is 8.50. The van der Waals surface area contributed by atoms with Gasteiger partial charge in [-0.2, -0.15) is 11.8 Å². The van der Waals surface area contributed by atoms with Gasteiger partial charge >= 0.3 is 0 Å². The van der Waals surface area contributed by atoms with Crippen molar-refractivity contribution in [1.82, 2.24) is 5.32 Å². The molecule has 0 bridgehead atoms. The number of hydrogen-bond donors (Lipinski definition) is 1. The molecule has 0 spiro atoms. The highest BCUT2D eigenvalue weighted by molar-refractivity contribution is 8.00. The molecule has 0 aromatic heterocycles. The maximum absolute atomic E-state index is 6.44. The molecule has 0 saturated carbocycles. The first-order valence-corrected chi connectivity index (χ1v) is 8.81. The molecular formula is C16H25ClN2S. The molecule has 2 atom stereocenters. The van der Waals surface area contributed by atoms with Crippen LogP contribution < -0.4 is 10.2 Å². The lowest BCUT2D eigenvalue weighted by molar-refractivity contribution is 0.588. The third-order valence-electron chi connectivity index (χ3n) is 3.95. The number of thioether (sulfide) groups is 1. The molecular weight excluding hydrogens is 288 g/mol. The Hall–Kier alpha value is -0.380. The van der Waals surface area contributed by atoms with Gasteiger partial charge in [0.25, 0.3) is 0 Å². The molecule has 1 aromatic carbocycles. The molecule has 2 rings (SSSR count). The predicted molar refractivity (Wildman–Crippen MR) is 92.2 cm³/mol. The van der Waals surface area contributed by atoms with Crippen molar-refractivity contribution < 1.29 is 0 Å². The highest BCUT2D eigenvalue weighted by atomic mass is 35.5. The summed E-state index contributed by atoms with van der Waals surface area (Å²) in [6, 6.07) is 7.53. The van der Waals surface area contributed by atoms with E-state index in [1.54, 1.807) is 0 Å². The normalized spacial score (nSPS) is 23.4. The van der Waals surface area contributed by atoms with Crippen LogP contribution in [0.25, 0.3) is 0 Å². The summed E-state index contributed by atoms with van der Waals surface area (Å²) in [5.74, 6) is 1.19. The minimum absolute atomic E-state index is 0.478. The van der Waals surface area contributed by atoms with Gasteiger partial charge in [0.1, 0.15) is 0 Å². The summed E-state index contributed by atoms with van der Waals surface area (Å²) in [6.07, 6.45) is 0. The molecule has 1 fully saturated rings. The Morgan fingerprint density at radius 3 is 2.80 bits per heavy atom. The fourth-order valence-corrected chi connectivity index (χ4v) is 3.81. The number of hydrogen-bond acceptors (Lipinski definition) is 3. The van der Waals surface area contributed by atoms with E-state index in [9.17, 15) is 0 Å². The van der Waals surface area contributed by atoms with Gasteiger partial charge in [-0.1, -0.05) is 38.4 Å². The second-order valence-electron chi connectivity index (χ2n) is 5.82. The first-order valence-electron chi connectivity index (χ1n) is 7.39. The molecule has 1 saturated heterocycles. The third-order valence-corrected chi connectivity index (χ3v) is 5.64. The van der Waals surface area contributed by atoms with Gasteiger partial charge in [-0.05, 0) is 24.6 Å². The molecule has 1 aliphatic rings. The van der Waals surface area contributed by atoms with E-state index in [4.69, 9.17) is 11.6 Å². The van der Waals surface area contributed by atoms with Gasteiger partial charge in [-0.25, -0.2) is 0 Å². The molecule has 2 unspecified atom stereocenters. The molecule has 0 radical (unpaired) electrons. The van der Waals surface area contributed by atoms with E-state index >= 15 is 0 Å². The van der Waals surface area contributed by atoms with Crippen molar-refractivity contribution in [2.75, 3.05) is 17.2 Å². The Balaban J connectivity index is 2.12. The summed E-state index contributed by atoms with van der Waals surface area (Å²) < 4.78 is 0. The lowest BCUT2D eigenvalue weighted by atomic mass is 10.1. The molecule has 2 nitrogen and oxygen atoms in total. The standard InChI is InChI=1S/C16H25ClN2S/c1-11(2)18-10-14-5-6-15(9-16(14)17)19-7-8-20-13(4)12(19)3/h5-6,9,11-13,18H,7-8,10H2,1-4H3. The van der Waals surface area contributed by atoms with Gasteiger partial charge < -0.3 is 10.2 Å². The topological polar surface area (TPSA) is 15.3 Å². The van der Waals surface area contributed by atoms with Crippen molar-refractivity contribution in [2.45, 2.75) is 51.6 Å². The van der Waals surface area contributed by atoms with Crippen LogP contribution in [0.5, 0.6) is 0 Å². The van der Waals surface area contributed by atoms with Crippen LogP contribution in [0.4, 0.5) is 5.69 Å². The van der Waals surface area contributed by atoms with Gasteiger partial charge in [0, 0.05) is 46.9 Å². The zero-order valence-electron chi connectivity index (χ0n) is 12.8. The summed E-state index contributed by atoms with van der Waals surface area (Å²) in [5.41, 5.74) is 2.43. The van der Waals surface area contributed by atoms with E-state index in [1.165, 1.54) is 17.0 Å². The number of benzene rings is 1. The van der Waals surface area contributed by atoms with E-state index in [0.717, 1.165) is 18.1 Å². The summed E-state index contributed by atoms with van der Waals surface area (Å²) in [5, 5.41) is 4.96. The zero-order chi connectivity index (χ0) is 14.7. The van der Waals surface area contributed by atoms with E-state index in [0.29, 0.717) is 17.3 Å². The Kier molecular flexibility index (Phi) is 5.65. The lowest BCUT2D eigenvalue weighted by Crippen LogP contribution is -2.44. The highest BCUT2D eigenvalue weighted by Crippen LogP contribution is 2.31. The van der Waals surface area contributed by atoms with E-state index in [-0.39, 0.29) is 0 Å². The molecule has 0 aliphatic carbocycles. The second kappa shape index (κ2) is 7.06. The van der Waals surface area contributed by atoms with Crippen LogP contribution in [0.15, 0.2) is 18.2 Å². The van der Waals surface area contributed by atoms with Crippen LogP contribution in [0.2, 0.25) is 5.02 Å². The average Bonchev–Trinajstić information content (AvgIpc) is 2.40. The van der Waals surface area contributed by atoms with Crippen molar-refractivity contribution in [1.29, 1.82) is 0 Å². The third kappa shape index (κ3) is 3.84. The minimum atomic E-state index is 0.478. The maximum atomic E-state index is 6.44. The Bertz CT molecular complexity index is 450. The van der Waals surface area contributed by atoms with Gasteiger partial charge in [-0.3, -0.25) is 0 Å². The van der Waals surface area contributed by atoms with Crippen molar-refractivity contribution in [3.8, 4) is 0 Å². The highest BCUT2D eigenvalue weighted by Gasteiger charge is 2.25. The molecule has 1 heterocycles. The van der Waals surface area contributed by atoms with Gasteiger partial charge in [-0.15, -0.1) is 0 Å². The van der Waals surface area contributed by atoms with Crippen LogP contribution in [0.1, 0.15) is 33.3 Å². The first kappa shape index (κ1) is 16.0. The number of halogens is 1. The Morgan fingerprint density at radius 1 is 1.40 bits per heavy atom. The van der Waals surface area contributed by atoms with Gasteiger partial charge in [0.2, 0.25) is 0 Å². The molecule has 0 amide bonds. The molecule has 1 N–H and O–H groups in total. The number of rotatable bonds is 4. The first-order chi connectivity index (χ1) is 9.49. The van der Waals surface area contributed by atoms with Crippen LogP contribution >= 0.6 is 23.4 Å². The zero-order valence-corrected chi connectivity index (χ0v) is 14.4. The van der Waals surface area contributed by atoms with E-state index < -0.39 is 0 Å². The monoisotopic (exact) mass is 312 g/mol. The van der Waals surface area contributed by atoms with Crippen molar-refractivity contribution in [2.24, 2.45) is 0 Å². The molecule has 4 heteroatoms. The Labute approximate surface area is 132 Å². The average molecular weight is 313 g/mol. The van der Waals surface area contributed by atoms with Crippen LogP contribution in [-0.4, -0.2) is 29.6 Å². The molecule has 112 valence electrons. The van der Waals surface area contributed by atoms with Gasteiger partial charge in [0.05, 0.1) is 0 Å². The SMILES string of the molecule is CC(C)NCc1ccc(N2CCSC(C)C2C)cc1Cl. The molecule has 20 heavy (non-hydrogen) atoms. The number of nitrogens with zero attached hydrogens (tertiary/aromatic N) is 1. The summed E-state index contributed by atoms with van der Waals surface area (Å²) in [4.78, 5) is 2.48. The van der Waals surface area contributed by atoms with Crippen LogP contribution in [0.3, 0.4) is 0 Å². The fraction of sp³-hybridized carbons (Fsp3) is 0.625. The Morgan fingerprint density at radius 2 is 2.15 bits per heavy atom. The number of anilines is 1. The van der Waals surface area contributed by atoms with Crippen molar-refractivity contribution in [3.63, 3.8) is 0 Å². The smallest absolute Gasteiger partial charge is 0.0471 e. The quantitative estimate of drug-likeness (QED) is 0.898. The molecule has 1 aliphatic heterocycles. The minimum Gasteiger partial charge on any atom is -0.367 e. The lowest BCUT2D eigenvalue weighted by Gasteiger charge is -2.39. The van der Waals surface area contributed by atoms with Gasteiger partial charge in [0.15, 0.2) is 0 Å². The maximum Gasteiger partial charge on any atom is 0.0471 e.